The Morgan fingerprint density at radius 3 is 2.52 bits per heavy atom. The molecule has 2 N–H and O–H groups in total. The van der Waals surface area contributed by atoms with Gasteiger partial charge < -0.3 is 15.1 Å². The van der Waals surface area contributed by atoms with Crippen LogP contribution in [0.2, 0.25) is 0 Å². The van der Waals surface area contributed by atoms with Crippen LogP contribution in [0.4, 0.5) is 0 Å². The molecule has 0 saturated heterocycles. The Hall–Kier alpha value is -2.08. The van der Waals surface area contributed by atoms with Crippen LogP contribution in [0, 0.1) is 5.92 Å². The summed E-state index contributed by atoms with van der Waals surface area (Å²) in [6.07, 6.45) is 2.28. The molecule has 6 heteroatoms. The minimum absolute atomic E-state index is 0.0366. The van der Waals surface area contributed by atoms with Crippen LogP contribution in [0.1, 0.15) is 48.7 Å². The van der Waals surface area contributed by atoms with E-state index in [1.807, 2.05) is 17.5 Å². The zero-order valence-corrected chi connectivity index (χ0v) is 14.4. The lowest BCUT2D eigenvalue weighted by Crippen LogP contribution is -2.45. The molecule has 2 rings (SSSR count). The van der Waals surface area contributed by atoms with Crippen LogP contribution < -0.4 is 10.6 Å². The van der Waals surface area contributed by atoms with Gasteiger partial charge in [0.15, 0.2) is 5.76 Å². The number of carbonyl (C=O) groups is 2. The van der Waals surface area contributed by atoms with Crippen LogP contribution in [0.25, 0.3) is 0 Å². The average Bonchev–Trinajstić information content (AvgIpc) is 3.19. The largest absolute Gasteiger partial charge is 0.459 e. The molecule has 0 spiro atoms. The molecule has 23 heavy (non-hydrogen) atoms. The van der Waals surface area contributed by atoms with E-state index in [2.05, 4.69) is 24.5 Å². The van der Waals surface area contributed by atoms with E-state index >= 15 is 0 Å². The minimum Gasteiger partial charge on any atom is -0.459 e. The van der Waals surface area contributed by atoms with Gasteiger partial charge in [0, 0.05) is 4.88 Å². The molecule has 0 aliphatic rings. The summed E-state index contributed by atoms with van der Waals surface area (Å²) in [5, 5.41) is 7.67. The van der Waals surface area contributed by atoms with Crippen LogP contribution in [-0.2, 0) is 4.79 Å². The number of nitrogens with one attached hydrogen (secondary N) is 2. The molecule has 0 aromatic carbocycles. The van der Waals surface area contributed by atoms with Gasteiger partial charge in [-0.2, -0.15) is 0 Å². The van der Waals surface area contributed by atoms with Crippen molar-refractivity contribution in [2.75, 3.05) is 0 Å². The van der Waals surface area contributed by atoms with Gasteiger partial charge in [-0.1, -0.05) is 19.9 Å². The first-order valence-electron chi connectivity index (χ1n) is 7.65. The van der Waals surface area contributed by atoms with E-state index in [-0.39, 0.29) is 17.7 Å². The SMILES string of the molecule is CC(C)C[C@H](NC(=O)[C@H](C)NC(=O)c1ccco1)c1cccs1. The van der Waals surface area contributed by atoms with Gasteiger partial charge in [0.2, 0.25) is 5.91 Å². The number of rotatable bonds is 7. The van der Waals surface area contributed by atoms with E-state index in [4.69, 9.17) is 4.42 Å². The molecule has 2 heterocycles. The van der Waals surface area contributed by atoms with Gasteiger partial charge in [0.1, 0.15) is 6.04 Å². The van der Waals surface area contributed by atoms with E-state index in [0.717, 1.165) is 11.3 Å². The topological polar surface area (TPSA) is 71.3 Å². The summed E-state index contributed by atoms with van der Waals surface area (Å²) in [5.74, 6) is 0.0511. The van der Waals surface area contributed by atoms with E-state index < -0.39 is 11.9 Å². The fourth-order valence-electron chi connectivity index (χ4n) is 2.24. The summed E-state index contributed by atoms with van der Waals surface area (Å²) < 4.78 is 5.03. The van der Waals surface area contributed by atoms with E-state index in [1.54, 1.807) is 30.4 Å². The van der Waals surface area contributed by atoms with Crippen LogP contribution >= 0.6 is 11.3 Å². The molecule has 0 unspecified atom stereocenters. The normalized spacial score (nSPS) is 13.6. The molecule has 0 bridgehead atoms. The summed E-state index contributed by atoms with van der Waals surface area (Å²) in [4.78, 5) is 25.4. The molecule has 0 saturated carbocycles. The molecular weight excluding hydrogens is 312 g/mol. The molecule has 0 radical (unpaired) electrons. The smallest absolute Gasteiger partial charge is 0.287 e. The van der Waals surface area contributed by atoms with E-state index in [1.165, 1.54) is 6.26 Å². The van der Waals surface area contributed by atoms with Gasteiger partial charge >= 0.3 is 0 Å². The number of amides is 2. The molecule has 2 aromatic heterocycles. The molecule has 124 valence electrons. The summed E-state index contributed by atoms with van der Waals surface area (Å²) >= 11 is 1.62. The number of furan rings is 1. The number of carbonyl (C=O) groups excluding carboxylic acids is 2. The lowest BCUT2D eigenvalue weighted by Gasteiger charge is -2.22. The second-order valence-corrected chi connectivity index (χ2v) is 6.86. The first kappa shape index (κ1) is 17.3. The fourth-order valence-corrected chi connectivity index (χ4v) is 3.04. The van der Waals surface area contributed by atoms with Crippen LogP contribution in [-0.4, -0.2) is 17.9 Å². The Balaban J connectivity index is 1.96. The molecule has 2 amide bonds. The highest BCUT2D eigenvalue weighted by molar-refractivity contribution is 7.10. The maximum Gasteiger partial charge on any atom is 0.287 e. The Labute approximate surface area is 140 Å². The van der Waals surface area contributed by atoms with Gasteiger partial charge in [0.25, 0.3) is 5.91 Å². The predicted molar refractivity (Wildman–Crippen MR) is 90.3 cm³/mol. The first-order chi connectivity index (χ1) is 11.0. The Kier molecular flexibility index (Phi) is 5.98. The van der Waals surface area contributed by atoms with Crippen molar-refractivity contribution < 1.29 is 14.0 Å². The van der Waals surface area contributed by atoms with Crippen LogP contribution in [0.15, 0.2) is 40.3 Å². The van der Waals surface area contributed by atoms with Gasteiger partial charge in [-0.3, -0.25) is 9.59 Å². The van der Waals surface area contributed by atoms with Gasteiger partial charge in [-0.15, -0.1) is 11.3 Å². The second-order valence-electron chi connectivity index (χ2n) is 5.88. The highest BCUT2D eigenvalue weighted by atomic mass is 32.1. The monoisotopic (exact) mass is 334 g/mol. The van der Waals surface area contributed by atoms with Crippen LogP contribution in [0.3, 0.4) is 0 Å². The maximum atomic E-state index is 12.4. The van der Waals surface area contributed by atoms with Gasteiger partial charge in [-0.25, -0.2) is 0 Å². The van der Waals surface area contributed by atoms with Crippen molar-refractivity contribution in [1.29, 1.82) is 0 Å². The Bertz CT molecular complexity index is 620. The molecule has 0 aliphatic heterocycles. The molecule has 5 nitrogen and oxygen atoms in total. The molecule has 2 atom stereocenters. The first-order valence-corrected chi connectivity index (χ1v) is 8.53. The van der Waals surface area contributed by atoms with Crippen LogP contribution in [0.5, 0.6) is 0 Å². The van der Waals surface area contributed by atoms with Gasteiger partial charge in [-0.05, 0) is 42.8 Å². The summed E-state index contributed by atoms with van der Waals surface area (Å²) in [6, 6.07) is 6.52. The van der Waals surface area contributed by atoms with Crippen molar-refractivity contribution in [3.63, 3.8) is 0 Å². The van der Waals surface area contributed by atoms with Gasteiger partial charge in [0.05, 0.1) is 12.3 Å². The lowest BCUT2D eigenvalue weighted by atomic mass is 10.0. The van der Waals surface area contributed by atoms with Crippen molar-refractivity contribution in [3.05, 3.63) is 46.5 Å². The van der Waals surface area contributed by atoms with Crippen molar-refractivity contribution in [3.8, 4) is 0 Å². The highest BCUT2D eigenvalue weighted by Crippen LogP contribution is 2.25. The zero-order valence-electron chi connectivity index (χ0n) is 13.5. The van der Waals surface area contributed by atoms with E-state index in [9.17, 15) is 9.59 Å². The number of hydrogen-bond donors (Lipinski definition) is 2. The lowest BCUT2D eigenvalue weighted by molar-refractivity contribution is -0.123. The predicted octanol–water partition coefficient (Wildman–Crippen LogP) is 3.36. The second kappa shape index (κ2) is 7.97. The quantitative estimate of drug-likeness (QED) is 0.815. The van der Waals surface area contributed by atoms with Crippen molar-refractivity contribution >= 4 is 23.2 Å². The van der Waals surface area contributed by atoms with Crippen molar-refractivity contribution in [1.82, 2.24) is 10.6 Å². The minimum atomic E-state index is -0.637. The fraction of sp³-hybridized carbons (Fsp3) is 0.412. The summed E-state index contributed by atoms with van der Waals surface area (Å²) in [7, 11) is 0. The molecule has 0 aliphatic carbocycles. The van der Waals surface area contributed by atoms with Crippen molar-refractivity contribution in [2.24, 2.45) is 5.92 Å². The average molecular weight is 334 g/mol. The third kappa shape index (κ3) is 4.96. The highest BCUT2D eigenvalue weighted by Gasteiger charge is 2.22. The Morgan fingerprint density at radius 1 is 1.17 bits per heavy atom. The number of thiophene rings is 1. The molecule has 0 fully saturated rings. The molecule has 2 aromatic rings. The third-order valence-electron chi connectivity index (χ3n) is 3.40. The number of hydrogen-bond acceptors (Lipinski definition) is 4. The zero-order chi connectivity index (χ0) is 16.8. The molecular formula is C17H22N2O3S. The third-order valence-corrected chi connectivity index (χ3v) is 4.38. The van der Waals surface area contributed by atoms with E-state index in [0.29, 0.717) is 5.92 Å². The standard InChI is InChI=1S/C17H22N2O3S/c1-11(2)10-13(15-7-5-9-23-15)19-16(20)12(3)18-17(21)14-6-4-8-22-14/h4-9,11-13H,10H2,1-3H3,(H,18,21)(H,19,20)/t12-,13-/m0/s1. The summed E-state index contributed by atoms with van der Waals surface area (Å²) in [6.45, 7) is 5.90. The summed E-state index contributed by atoms with van der Waals surface area (Å²) in [5.41, 5.74) is 0. The Morgan fingerprint density at radius 2 is 1.96 bits per heavy atom. The maximum absolute atomic E-state index is 12.4. The van der Waals surface area contributed by atoms with Crippen molar-refractivity contribution in [2.45, 2.75) is 39.3 Å².